The number of nitrogens with zero attached hydrogens (tertiary/aromatic N) is 6. The Bertz CT molecular complexity index is 4540. The van der Waals surface area contributed by atoms with Crippen LogP contribution in [0.4, 0.5) is 0 Å². The summed E-state index contributed by atoms with van der Waals surface area (Å²) in [6.45, 7) is 0. The number of rotatable bonds is 6. The Morgan fingerprint density at radius 3 is 1.51 bits per heavy atom. The summed E-state index contributed by atoms with van der Waals surface area (Å²) in [5, 5.41) is 9.04. The largest absolute Gasteiger partial charge is 0.456 e. The summed E-state index contributed by atoms with van der Waals surface area (Å²) >= 11 is 0. The second kappa shape index (κ2) is 15.0. The molecule has 0 aliphatic carbocycles. The van der Waals surface area contributed by atoms with Gasteiger partial charge in [0.15, 0.2) is 11.6 Å². The lowest BCUT2D eigenvalue weighted by atomic mass is 10.1. The molecule has 15 aromatic rings. The third-order valence-electron chi connectivity index (χ3n) is 14.1. The first-order valence-electron chi connectivity index (χ1n) is 23.6. The molecular formula is C63H38N6O. The summed E-state index contributed by atoms with van der Waals surface area (Å²) in [6, 6.07) is 81.6. The number of hydrogen-bond acceptors (Lipinski definition) is 4. The summed E-state index contributed by atoms with van der Waals surface area (Å²) in [5.74, 6) is 1.65. The van der Waals surface area contributed by atoms with Crippen molar-refractivity contribution in [3.05, 3.63) is 231 Å². The van der Waals surface area contributed by atoms with Gasteiger partial charge in [0.05, 0.1) is 33.1 Å². The van der Waals surface area contributed by atoms with Gasteiger partial charge < -0.3 is 13.6 Å². The minimum Gasteiger partial charge on any atom is -0.456 e. The van der Waals surface area contributed by atoms with Crippen molar-refractivity contribution < 1.29 is 4.42 Å². The van der Waals surface area contributed by atoms with Gasteiger partial charge in [-0.1, -0.05) is 164 Å². The molecule has 10 aromatic carbocycles. The van der Waals surface area contributed by atoms with Crippen molar-refractivity contribution in [3.8, 4) is 51.2 Å². The standard InChI is InChI=1S/C63H38N6O/c1-3-16-39(17-4-1)41-20-15-21-43(36-41)68-56-35-31-44(67-53-26-11-7-22-45(53)46-23-8-12-27-54(46)67)38-52(56)51-34-33-50-47-24-9-13-28-55(47)69(60(50)59(51)68)63-65-61(40-18-5-2-6-19-40)64-62(66-63)42-30-32-49-48-25-10-14-29-57(48)70-58(49)37-42/h1-38H. The zero-order chi connectivity index (χ0) is 45.9. The topological polar surface area (TPSA) is 66.6 Å². The van der Waals surface area contributed by atoms with Crippen molar-refractivity contribution in [2.24, 2.45) is 0 Å². The Balaban J connectivity index is 1.06. The van der Waals surface area contributed by atoms with Crippen LogP contribution in [0.25, 0.3) is 139 Å². The molecule has 0 bridgehead atoms. The van der Waals surface area contributed by atoms with Crippen molar-refractivity contribution in [3.63, 3.8) is 0 Å². The maximum Gasteiger partial charge on any atom is 0.238 e. The molecule has 0 N–H and O–H groups in total. The molecule has 0 amide bonds. The molecule has 0 fully saturated rings. The van der Waals surface area contributed by atoms with Crippen LogP contribution in [-0.4, -0.2) is 28.7 Å². The van der Waals surface area contributed by atoms with Crippen LogP contribution < -0.4 is 0 Å². The van der Waals surface area contributed by atoms with E-state index in [1.807, 2.05) is 36.4 Å². The van der Waals surface area contributed by atoms with Crippen molar-refractivity contribution >= 4 is 87.4 Å². The van der Waals surface area contributed by atoms with Gasteiger partial charge in [0.1, 0.15) is 11.2 Å². The van der Waals surface area contributed by atoms with Gasteiger partial charge in [-0.15, -0.1) is 0 Å². The van der Waals surface area contributed by atoms with E-state index in [4.69, 9.17) is 19.4 Å². The van der Waals surface area contributed by atoms with Crippen molar-refractivity contribution in [1.82, 2.24) is 28.7 Å². The summed E-state index contributed by atoms with van der Waals surface area (Å²) in [4.78, 5) is 16.0. The zero-order valence-electron chi connectivity index (χ0n) is 37.5. The van der Waals surface area contributed by atoms with E-state index in [1.54, 1.807) is 0 Å². The predicted octanol–water partition coefficient (Wildman–Crippen LogP) is 16.1. The molecule has 5 heterocycles. The highest BCUT2D eigenvalue weighted by Crippen LogP contribution is 2.44. The van der Waals surface area contributed by atoms with Crippen LogP contribution in [0.3, 0.4) is 0 Å². The van der Waals surface area contributed by atoms with Gasteiger partial charge in [0, 0.05) is 65.6 Å². The van der Waals surface area contributed by atoms with Crippen LogP contribution >= 0.6 is 0 Å². The van der Waals surface area contributed by atoms with Gasteiger partial charge in [0.2, 0.25) is 5.95 Å². The highest BCUT2D eigenvalue weighted by molar-refractivity contribution is 6.24. The summed E-state index contributed by atoms with van der Waals surface area (Å²) in [6.07, 6.45) is 0. The fourth-order valence-corrected chi connectivity index (χ4v) is 11.0. The third-order valence-corrected chi connectivity index (χ3v) is 14.1. The summed E-state index contributed by atoms with van der Waals surface area (Å²) in [5.41, 5.74) is 14.3. The predicted molar refractivity (Wildman–Crippen MR) is 286 cm³/mol. The first-order valence-corrected chi connectivity index (χ1v) is 23.6. The minimum absolute atomic E-state index is 0.521. The van der Waals surface area contributed by atoms with Crippen molar-refractivity contribution in [1.29, 1.82) is 0 Å². The van der Waals surface area contributed by atoms with Crippen LogP contribution in [0.1, 0.15) is 0 Å². The smallest absolute Gasteiger partial charge is 0.238 e. The molecule has 5 aromatic heterocycles. The maximum absolute atomic E-state index is 6.41. The molecule has 70 heavy (non-hydrogen) atoms. The van der Waals surface area contributed by atoms with E-state index in [-0.39, 0.29) is 0 Å². The van der Waals surface area contributed by atoms with Crippen LogP contribution in [-0.2, 0) is 0 Å². The molecule has 7 nitrogen and oxygen atoms in total. The molecular weight excluding hydrogens is 857 g/mol. The summed E-state index contributed by atoms with van der Waals surface area (Å²) < 4.78 is 13.5. The molecule has 0 aliphatic heterocycles. The van der Waals surface area contributed by atoms with Crippen molar-refractivity contribution in [2.45, 2.75) is 0 Å². The van der Waals surface area contributed by atoms with E-state index in [2.05, 4.69) is 208 Å². The monoisotopic (exact) mass is 894 g/mol. The quantitative estimate of drug-likeness (QED) is 0.167. The minimum atomic E-state index is 0.521. The molecule has 0 aliphatic rings. The Labute approximate surface area is 400 Å². The van der Waals surface area contributed by atoms with Gasteiger partial charge >= 0.3 is 0 Å². The Morgan fingerprint density at radius 1 is 0.271 bits per heavy atom. The number of fused-ring (bicyclic) bond motifs is 13. The number of hydrogen-bond donors (Lipinski definition) is 0. The van der Waals surface area contributed by atoms with Gasteiger partial charge in [-0.2, -0.15) is 9.97 Å². The normalized spacial score (nSPS) is 12.0. The van der Waals surface area contributed by atoms with Gasteiger partial charge in [-0.3, -0.25) is 4.57 Å². The first kappa shape index (κ1) is 38.5. The average Bonchev–Trinajstić information content (AvgIpc) is 4.17. The molecule has 0 unspecified atom stereocenters. The van der Waals surface area contributed by atoms with E-state index in [1.165, 1.54) is 21.8 Å². The lowest BCUT2D eigenvalue weighted by Gasteiger charge is -2.14. The maximum atomic E-state index is 6.41. The third kappa shape index (κ3) is 5.72. The number of benzene rings is 10. The van der Waals surface area contributed by atoms with E-state index in [9.17, 15) is 0 Å². The number of furan rings is 1. The second-order valence-corrected chi connectivity index (χ2v) is 18.0. The Hall–Kier alpha value is -9.59. The Kier molecular flexibility index (Phi) is 8.23. The SMILES string of the molecule is c1ccc(-c2cccc(-n3c4ccc(-n5c6ccccc6c6ccccc65)cc4c4ccc5c6ccccc6n(-c6nc(-c7ccccc7)nc(-c7ccc8c(c7)oc7ccccc78)n6)c5c43)c2)cc1. The van der Waals surface area contributed by atoms with Gasteiger partial charge in [-0.25, -0.2) is 4.98 Å². The van der Waals surface area contributed by atoms with Crippen LogP contribution in [0.2, 0.25) is 0 Å². The fraction of sp³-hybridized carbons (Fsp3) is 0. The molecule has 0 saturated heterocycles. The lowest BCUT2D eigenvalue weighted by molar-refractivity contribution is 0.669. The lowest BCUT2D eigenvalue weighted by Crippen LogP contribution is -2.07. The molecule has 0 radical (unpaired) electrons. The molecule has 0 atom stereocenters. The summed E-state index contributed by atoms with van der Waals surface area (Å²) in [7, 11) is 0. The van der Waals surface area contributed by atoms with Crippen LogP contribution in [0.15, 0.2) is 235 Å². The van der Waals surface area contributed by atoms with E-state index < -0.39 is 0 Å². The second-order valence-electron chi connectivity index (χ2n) is 18.0. The molecule has 7 heteroatoms. The average molecular weight is 895 g/mol. The number of aromatic nitrogens is 6. The van der Waals surface area contributed by atoms with E-state index in [0.29, 0.717) is 17.6 Å². The van der Waals surface area contributed by atoms with Gasteiger partial charge in [0.25, 0.3) is 0 Å². The molecule has 15 rings (SSSR count). The molecule has 0 saturated carbocycles. The fourth-order valence-electron chi connectivity index (χ4n) is 11.0. The highest BCUT2D eigenvalue weighted by Gasteiger charge is 2.25. The number of para-hydroxylation sites is 4. The van der Waals surface area contributed by atoms with Gasteiger partial charge in [-0.05, 0) is 77.9 Å². The van der Waals surface area contributed by atoms with Crippen LogP contribution in [0.5, 0.6) is 0 Å². The van der Waals surface area contributed by atoms with Crippen LogP contribution in [0, 0.1) is 0 Å². The van der Waals surface area contributed by atoms with E-state index >= 15 is 0 Å². The van der Waals surface area contributed by atoms with E-state index in [0.717, 1.165) is 99.2 Å². The Morgan fingerprint density at radius 2 is 0.786 bits per heavy atom. The molecule has 0 spiro atoms. The highest BCUT2D eigenvalue weighted by atomic mass is 16.3. The van der Waals surface area contributed by atoms with Crippen molar-refractivity contribution in [2.75, 3.05) is 0 Å². The zero-order valence-corrected chi connectivity index (χ0v) is 37.5. The molecule has 326 valence electrons. The first-order chi connectivity index (χ1) is 34.7.